The number of amides is 4. The molecule has 0 aliphatic carbocycles. The van der Waals surface area contributed by atoms with Crippen molar-refractivity contribution < 1.29 is 14.4 Å². The highest BCUT2D eigenvalue weighted by atomic mass is 32.1. The van der Waals surface area contributed by atoms with E-state index < -0.39 is 5.54 Å². The molecule has 10 heteroatoms. The monoisotopic (exact) mass is 438 g/mol. The Kier molecular flexibility index (Phi) is 5.32. The number of aryl methyl sites for hydroxylation is 1. The summed E-state index contributed by atoms with van der Waals surface area (Å²) in [5, 5.41) is 12.1. The maximum atomic E-state index is 12.4. The van der Waals surface area contributed by atoms with E-state index in [1.807, 2.05) is 37.5 Å². The molecule has 31 heavy (non-hydrogen) atoms. The number of aromatic nitrogens is 3. The first kappa shape index (κ1) is 20.7. The molecule has 0 atom stereocenters. The molecule has 3 heterocycles. The van der Waals surface area contributed by atoms with Gasteiger partial charge in [0.15, 0.2) is 0 Å². The molecule has 160 valence electrons. The Labute approximate surface area is 183 Å². The van der Waals surface area contributed by atoms with Crippen LogP contribution in [0.25, 0.3) is 10.6 Å². The van der Waals surface area contributed by atoms with E-state index in [2.05, 4.69) is 20.7 Å². The Morgan fingerprint density at radius 3 is 2.52 bits per heavy atom. The van der Waals surface area contributed by atoms with Crippen LogP contribution >= 0.6 is 11.3 Å². The predicted octanol–water partition coefficient (Wildman–Crippen LogP) is 2.30. The van der Waals surface area contributed by atoms with Crippen LogP contribution in [0.4, 0.5) is 4.79 Å². The number of hydrogen-bond acceptors (Lipinski definition) is 6. The summed E-state index contributed by atoms with van der Waals surface area (Å²) in [5.74, 6) is -0.500. The van der Waals surface area contributed by atoms with Crippen molar-refractivity contribution in [3.05, 3.63) is 58.9 Å². The minimum absolute atomic E-state index is 0.205. The minimum atomic E-state index is -0.881. The van der Waals surface area contributed by atoms with Crippen LogP contribution in [0.15, 0.2) is 42.0 Å². The number of thiazole rings is 1. The van der Waals surface area contributed by atoms with Gasteiger partial charge >= 0.3 is 6.03 Å². The molecule has 1 fully saturated rings. The fourth-order valence-electron chi connectivity index (χ4n) is 3.22. The van der Waals surface area contributed by atoms with Crippen molar-refractivity contribution in [1.29, 1.82) is 0 Å². The van der Waals surface area contributed by atoms with Gasteiger partial charge in [-0.1, -0.05) is 24.3 Å². The molecule has 4 amide bonds. The molecule has 1 aromatic carbocycles. The molecule has 0 radical (unpaired) electrons. The van der Waals surface area contributed by atoms with Gasteiger partial charge in [-0.25, -0.2) is 9.78 Å². The molecule has 3 aromatic rings. The summed E-state index contributed by atoms with van der Waals surface area (Å²) in [4.78, 5) is 42.3. The van der Waals surface area contributed by atoms with Crippen molar-refractivity contribution in [2.75, 3.05) is 0 Å². The Bertz CT molecular complexity index is 1150. The first-order chi connectivity index (χ1) is 14.7. The van der Waals surface area contributed by atoms with Crippen molar-refractivity contribution in [1.82, 2.24) is 30.3 Å². The summed E-state index contributed by atoms with van der Waals surface area (Å²) in [6.07, 6.45) is 3.56. The van der Waals surface area contributed by atoms with E-state index in [9.17, 15) is 14.4 Å². The van der Waals surface area contributed by atoms with Gasteiger partial charge in [0.2, 0.25) is 0 Å². The molecule has 2 aromatic heterocycles. The molecule has 0 bridgehead atoms. The van der Waals surface area contributed by atoms with Crippen molar-refractivity contribution in [2.24, 2.45) is 7.05 Å². The summed E-state index contributed by atoms with van der Waals surface area (Å²) < 4.78 is 1.69. The highest BCUT2D eigenvalue weighted by Crippen LogP contribution is 2.23. The van der Waals surface area contributed by atoms with Crippen LogP contribution < -0.4 is 10.6 Å². The number of nitrogens with one attached hydrogen (secondary N) is 2. The topological polar surface area (TPSA) is 109 Å². The molecule has 2 N–H and O–H groups in total. The lowest BCUT2D eigenvalue weighted by atomic mass is 10.1. The van der Waals surface area contributed by atoms with Crippen LogP contribution in [0.5, 0.6) is 0 Å². The van der Waals surface area contributed by atoms with Crippen molar-refractivity contribution in [3.63, 3.8) is 0 Å². The highest BCUT2D eigenvalue weighted by Gasteiger charge is 2.43. The zero-order valence-corrected chi connectivity index (χ0v) is 18.2. The van der Waals surface area contributed by atoms with Gasteiger partial charge in [0, 0.05) is 30.7 Å². The van der Waals surface area contributed by atoms with Crippen molar-refractivity contribution in [3.8, 4) is 10.6 Å². The Morgan fingerprint density at radius 2 is 1.90 bits per heavy atom. The molecule has 0 unspecified atom stereocenters. The fourth-order valence-corrected chi connectivity index (χ4v) is 4.00. The summed E-state index contributed by atoms with van der Waals surface area (Å²) >= 11 is 1.39. The standard InChI is InChI=1S/C21H22N6O3S/c1-21(2)19(29)27(20(30)25-21)10-14-6-4-13(5-7-14)8-22-17(28)16-12-31-18(24-16)15-9-23-26(3)11-15/h4-7,9,11-12H,8,10H2,1-3H3,(H,22,28)(H,25,30). The fraction of sp³-hybridized carbons (Fsp3) is 0.286. The summed E-state index contributed by atoms with van der Waals surface area (Å²) in [7, 11) is 1.83. The average molecular weight is 439 g/mol. The van der Waals surface area contributed by atoms with E-state index in [1.165, 1.54) is 16.2 Å². The number of rotatable bonds is 6. The van der Waals surface area contributed by atoms with Gasteiger partial charge in [0.05, 0.1) is 12.7 Å². The zero-order valence-electron chi connectivity index (χ0n) is 17.4. The van der Waals surface area contributed by atoms with Gasteiger partial charge in [-0.3, -0.25) is 19.2 Å². The molecular weight excluding hydrogens is 416 g/mol. The number of hydrogen-bond donors (Lipinski definition) is 2. The summed E-state index contributed by atoms with van der Waals surface area (Å²) in [5.41, 5.74) is 2.08. The number of carbonyl (C=O) groups is 3. The number of benzene rings is 1. The Balaban J connectivity index is 1.33. The van der Waals surface area contributed by atoms with Gasteiger partial charge in [0.1, 0.15) is 16.2 Å². The SMILES string of the molecule is Cn1cc(-c2nc(C(=O)NCc3ccc(CN4C(=O)NC(C)(C)C4=O)cc3)cs2)cn1. The largest absolute Gasteiger partial charge is 0.347 e. The molecule has 9 nitrogen and oxygen atoms in total. The normalized spacial score (nSPS) is 15.3. The van der Waals surface area contributed by atoms with Crippen LogP contribution in [0.1, 0.15) is 35.5 Å². The third-order valence-corrected chi connectivity index (χ3v) is 5.84. The lowest BCUT2D eigenvalue weighted by Gasteiger charge is -2.16. The van der Waals surface area contributed by atoms with Crippen LogP contribution in [-0.4, -0.2) is 43.0 Å². The van der Waals surface area contributed by atoms with E-state index in [4.69, 9.17) is 0 Å². The number of imide groups is 1. The highest BCUT2D eigenvalue weighted by molar-refractivity contribution is 7.13. The van der Waals surface area contributed by atoms with E-state index in [0.29, 0.717) is 12.2 Å². The molecule has 1 saturated heterocycles. The van der Waals surface area contributed by atoms with Crippen molar-refractivity contribution >= 4 is 29.2 Å². The maximum Gasteiger partial charge on any atom is 0.325 e. The number of urea groups is 1. The molecule has 1 aliphatic heterocycles. The van der Waals surface area contributed by atoms with E-state index >= 15 is 0 Å². The van der Waals surface area contributed by atoms with E-state index in [1.54, 1.807) is 30.1 Å². The van der Waals surface area contributed by atoms with Gasteiger partial charge in [-0.15, -0.1) is 11.3 Å². The summed E-state index contributed by atoms with van der Waals surface area (Å²) in [6.45, 7) is 3.91. The second-order valence-corrected chi connectivity index (χ2v) is 8.74. The smallest absolute Gasteiger partial charge is 0.325 e. The molecule has 1 aliphatic rings. The second kappa shape index (κ2) is 7.95. The molecule has 4 rings (SSSR count). The Hall–Kier alpha value is -3.53. The first-order valence-electron chi connectivity index (χ1n) is 9.67. The molecular formula is C21H22N6O3S. The van der Waals surface area contributed by atoms with Crippen LogP contribution in [0, 0.1) is 0 Å². The zero-order chi connectivity index (χ0) is 22.2. The number of carbonyl (C=O) groups excluding carboxylic acids is 3. The second-order valence-electron chi connectivity index (χ2n) is 7.89. The van der Waals surface area contributed by atoms with Gasteiger partial charge < -0.3 is 10.6 Å². The van der Waals surface area contributed by atoms with E-state index in [-0.39, 0.29) is 24.4 Å². The third-order valence-electron chi connectivity index (χ3n) is 4.95. The average Bonchev–Trinajstić information content (AvgIpc) is 3.43. The molecule has 0 saturated carbocycles. The van der Waals surface area contributed by atoms with E-state index in [0.717, 1.165) is 21.7 Å². The lowest BCUT2D eigenvalue weighted by Crippen LogP contribution is -2.40. The third kappa shape index (κ3) is 4.33. The van der Waals surface area contributed by atoms with Crippen LogP contribution in [-0.2, 0) is 24.9 Å². The van der Waals surface area contributed by atoms with Gasteiger partial charge in [-0.2, -0.15) is 5.10 Å². The Morgan fingerprint density at radius 1 is 1.19 bits per heavy atom. The number of nitrogens with zero attached hydrogens (tertiary/aromatic N) is 4. The van der Waals surface area contributed by atoms with Crippen molar-refractivity contribution in [2.45, 2.75) is 32.5 Å². The molecule has 0 spiro atoms. The summed E-state index contributed by atoms with van der Waals surface area (Å²) in [6, 6.07) is 7.02. The first-order valence-corrected chi connectivity index (χ1v) is 10.6. The van der Waals surface area contributed by atoms with Gasteiger partial charge in [-0.05, 0) is 25.0 Å². The minimum Gasteiger partial charge on any atom is -0.347 e. The maximum absolute atomic E-state index is 12.4. The predicted molar refractivity (Wildman–Crippen MR) is 115 cm³/mol. The van der Waals surface area contributed by atoms with Crippen LogP contribution in [0.2, 0.25) is 0 Å². The lowest BCUT2D eigenvalue weighted by molar-refractivity contribution is -0.130. The van der Waals surface area contributed by atoms with Crippen LogP contribution in [0.3, 0.4) is 0 Å². The quantitative estimate of drug-likeness (QED) is 0.574. The van der Waals surface area contributed by atoms with Gasteiger partial charge in [0.25, 0.3) is 11.8 Å².